The number of aliphatic imine (C=N–C) groups is 1. The predicted octanol–water partition coefficient (Wildman–Crippen LogP) is 2.94. The summed E-state index contributed by atoms with van der Waals surface area (Å²) in [6.45, 7) is 2.14. The number of aliphatic carboxylic acids is 1. The normalized spacial score (nSPS) is 15.5. The Bertz CT molecular complexity index is 314. The molecule has 0 saturated heterocycles. The van der Waals surface area contributed by atoms with E-state index in [2.05, 4.69) is 11.9 Å². The molecule has 1 heterocycles. The van der Waals surface area contributed by atoms with Gasteiger partial charge in [0.05, 0.1) is 12.1 Å². The topological polar surface area (TPSA) is 49.7 Å². The van der Waals surface area contributed by atoms with Gasteiger partial charge in [-0.15, -0.1) is 0 Å². The summed E-state index contributed by atoms with van der Waals surface area (Å²) >= 11 is 0. The van der Waals surface area contributed by atoms with Crippen molar-refractivity contribution in [2.24, 2.45) is 4.99 Å². The summed E-state index contributed by atoms with van der Waals surface area (Å²) in [5, 5.41) is 8.69. The molecule has 0 aromatic carbocycles. The van der Waals surface area contributed by atoms with Crippen molar-refractivity contribution in [1.82, 2.24) is 0 Å². The summed E-state index contributed by atoms with van der Waals surface area (Å²) in [4.78, 5) is 15.0. The van der Waals surface area contributed by atoms with E-state index in [1.807, 2.05) is 12.2 Å². The van der Waals surface area contributed by atoms with Crippen LogP contribution in [0.15, 0.2) is 28.9 Å². The maximum atomic E-state index is 10.6. The van der Waals surface area contributed by atoms with E-state index in [4.69, 9.17) is 5.11 Å². The van der Waals surface area contributed by atoms with Crippen molar-refractivity contribution in [3.05, 3.63) is 23.9 Å². The van der Waals surface area contributed by atoms with Gasteiger partial charge < -0.3 is 5.11 Å². The quantitative estimate of drug-likeness (QED) is 0.753. The number of rotatable bonds is 5. The number of allylic oxidation sites excluding steroid dienone is 3. The van der Waals surface area contributed by atoms with E-state index in [1.54, 1.807) is 6.08 Å². The second kappa shape index (κ2) is 6.17. The van der Waals surface area contributed by atoms with Crippen molar-refractivity contribution >= 4 is 11.7 Å². The third kappa shape index (κ3) is 4.58. The highest BCUT2D eigenvalue weighted by molar-refractivity contribution is 5.87. The summed E-state index contributed by atoms with van der Waals surface area (Å²) in [7, 11) is 0. The SMILES string of the molecule is CCCCC1=NC(CC(=O)O)=CC=CC1. The molecule has 0 aliphatic carbocycles. The monoisotopic (exact) mass is 207 g/mol. The molecule has 1 N–H and O–H groups in total. The minimum absolute atomic E-state index is 0.0139. The molecule has 1 rings (SSSR count). The first-order valence-electron chi connectivity index (χ1n) is 5.36. The highest BCUT2D eigenvalue weighted by Crippen LogP contribution is 2.12. The van der Waals surface area contributed by atoms with Gasteiger partial charge in [-0.1, -0.05) is 25.5 Å². The van der Waals surface area contributed by atoms with Crippen LogP contribution in [0.3, 0.4) is 0 Å². The minimum Gasteiger partial charge on any atom is -0.481 e. The lowest BCUT2D eigenvalue weighted by atomic mass is 10.1. The highest BCUT2D eigenvalue weighted by atomic mass is 16.4. The van der Waals surface area contributed by atoms with E-state index in [9.17, 15) is 4.79 Å². The van der Waals surface area contributed by atoms with E-state index in [-0.39, 0.29) is 6.42 Å². The molecule has 82 valence electrons. The molecule has 0 aromatic rings. The average Bonchev–Trinajstić information content (AvgIpc) is 2.39. The molecule has 1 aliphatic heterocycles. The molecule has 15 heavy (non-hydrogen) atoms. The molecule has 0 amide bonds. The Labute approximate surface area is 90.2 Å². The van der Waals surface area contributed by atoms with Crippen LogP contribution in [0.5, 0.6) is 0 Å². The minimum atomic E-state index is -0.824. The maximum Gasteiger partial charge on any atom is 0.309 e. The Morgan fingerprint density at radius 3 is 3.07 bits per heavy atom. The van der Waals surface area contributed by atoms with Crippen molar-refractivity contribution in [2.75, 3.05) is 0 Å². The van der Waals surface area contributed by atoms with E-state index in [1.165, 1.54) is 0 Å². The fourth-order valence-electron chi connectivity index (χ4n) is 1.46. The lowest BCUT2D eigenvalue weighted by Crippen LogP contribution is -2.00. The predicted molar refractivity (Wildman–Crippen MR) is 61.1 cm³/mol. The number of unbranched alkanes of at least 4 members (excludes halogenated alkanes) is 1. The van der Waals surface area contributed by atoms with E-state index in [0.717, 1.165) is 31.4 Å². The molecule has 0 bridgehead atoms. The van der Waals surface area contributed by atoms with Gasteiger partial charge in [0.2, 0.25) is 0 Å². The number of hydrogen-bond acceptors (Lipinski definition) is 2. The zero-order valence-electron chi connectivity index (χ0n) is 9.07. The van der Waals surface area contributed by atoms with Gasteiger partial charge in [0.25, 0.3) is 0 Å². The molecule has 0 atom stereocenters. The fourth-order valence-corrected chi connectivity index (χ4v) is 1.46. The van der Waals surface area contributed by atoms with Crippen molar-refractivity contribution < 1.29 is 9.90 Å². The van der Waals surface area contributed by atoms with Gasteiger partial charge in [-0.25, -0.2) is 0 Å². The Morgan fingerprint density at radius 2 is 2.40 bits per heavy atom. The molecule has 3 nitrogen and oxygen atoms in total. The van der Waals surface area contributed by atoms with Crippen molar-refractivity contribution in [3.8, 4) is 0 Å². The van der Waals surface area contributed by atoms with Crippen molar-refractivity contribution in [1.29, 1.82) is 0 Å². The van der Waals surface area contributed by atoms with Crippen LogP contribution in [0, 0.1) is 0 Å². The van der Waals surface area contributed by atoms with Gasteiger partial charge in [-0.2, -0.15) is 0 Å². The standard InChI is InChI=1S/C12H17NO2/c1-2-3-6-10-7-4-5-8-11(13-10)9-12(14)15/h4-5,8H,2-3,6-7,9H2,1H3,(H,14,15). The van der Waals surface area contributed by atoms with E-state index in [0.29, 0.717) is 5.70 Å². The van der Waals surface area contributed by atoms with Crippen LogP contribution in [0.4, 0.5) is 0 Å². The summed E-state index contributed by atoms with van der Waals surface area (Å²) < 4.78 is 0. The third-order valence-electron chi connectivity index (χ3n) is 2.23. The molecule has 0 unspecified atom stereocenters. The van der Waals surface area contributed by atoms with Crippen LogP contribution < -0.4 is 0 Å². The zero-order valence-corrected chi connectivity index (χ0v) is 9.07. The lowest BCUT2D eigenvalue weighted by molar-refractivity contribution is -0.136. The molecule has 0 fully saturated rings. The fraction of sp³-hybridized carbons (Fsp3) is 0.500. The third-order valence-corrected chi connectivity index (χ3v) is 2.23. The molecular weight excluding hydrogens is 190 g/mol. The summed E-state index contributed by atoms with van der Waals surface area (Å²) in [6.07, 6.45) is 9.79. The first-order chi connectivity index (χ1) is 7.22. The van der Waals surface area contributed by atoms with Crippen LogP contribution >= 0.6 is 0 Å². The zero-order chi connectivity index (χ0) is 11.1. The smallest absolute Gasteiger partial charge is 0.309 e. The number of carbonyl (C=O) groups is 1. The molecule has 3 heteroatoms. The molecule has 0 spiro atoms. The van der Waals surface area contributed by atoms with Crippen LogP contribution in [0.25, 0.3) is 0 Å². The van der Waals surface area contributed by atoms with Crippen LogP contribution in [-0.2, 0) is 4.79 Å². The van der Waals surface area contributed by atoms with E-state index < -0.39 is 5.97 Å². The second-order valence-electron chi connectivity index (χ2n) is 3.64. The molecular formula is C12H17NO2. The van der Waals surface area contributed by atoms with Gasteiger partial charge in [-0.3, -0.25) is 9.79 Å². The first-order valence-corrected chi connectivity index (χ1v) is 5.36. The van der Waals surface area contributed by atoms with E-state index >= 15 is 0 Å². The van der Waals surface area contributed by atoms with Crippen LogP contribution in [-0.4, -0.2) is 16.8 Å². The van der Waals surface area contributed by atoms with Crippen LogP contribution in [0.2, 0.25) is 0 Å². The van der Waals surface area contributed by atoms with Gasteiger partial charge in [0, 0.05) is 12.1 Å². The van der Waals surface area contributed by atoms with Gasteiger partial charge in [-0.05, 0) is 18.9 Å². The number of carboxylic acid groups (broad SMARTS) is 1. The Hall–Kier alpha value is -1.38. The summed E-state index contributed by atoms with van der Waals surface area (Å²) in [5.74, 6) is -0.824. The molecule has 0 radical (unpaired) electrons. The second-order valence-corrected chi connectivity index (χ2v) is 3.64. The number of nitrogens with zero attached hydrogens (tertiary/aromatic N) is 1. The van der Waals surface area contributed by atoms with Crippen molar-refractivity contribution in [3.63, 3.8) is 0 Å². The van der Waals surface area contributed by atoms with Gasteiger partial charge in [0.1, 0.15) is 0 Å². The van der Waals surface area contributed by atoms with Crippen molar-refractivity contribution in [2.45, 2.75) is 39.0 Å². The maximum absolute atomic E-state index is 10.6. The highest BCUT2D eigenvalue weighted by Gasteiger charge is 2.06. The Morgan fingerprint density at radius 1 is 1.60 bits per heavy atom. The van der Waals surface area contributed by atoms with Crippen LogP contribution in [0.1, 0.15) is 39.0 Å². The molecule has 0 aromatic heterocycles. The Balaban J connectivity index is 2.64. The Kier molecular flexibility index (Phi) is 4.81. The van der Waals surface area contributed by atoms with Gasteiger partial charge >= 0.3 is 5.97 Å². The van der Waals surface area contributed by atoms with Gasteiger partial charge in [0.15, 0.2) is 0 Å². The number of hydrogen-bond donors (Lipinski definition) is 1. The molecule has 1 aliphatic rings. The average molecular weight is 207 g/mol. The first kappa shape index (κ1) is 11.7. The summed E-state index contributed by atoms with van der Waals surface area (Å²) in [6, 6.07) is 0. The summed E-state index contributed by atoms with van der Waals surface area (Å²) in [5.41, 5.74) is 1.75. The molecule has 0 saturated carbocycles. The largest absolute Gasteiger partial charge is 0.481 e. The lowest BCUT2D eigenvalue weighted by Gasteiger charge is -2.02. The number of carboxylic acids is 1.